The quantitative estimate of drug-likeness (QED) is 0.886. The largest absolute Gasteiger partial charge is 0.367 e. The molecule has 2 N–H and O–H groups in total. The van der Waals surface area contributed by atoms with Crippen LogP contribution in [-0.4, -0.2) is 22.9 Å². The Kier molecular flexibility index (Phi) is 3.17. The van der Waals surface area contributed by atoms with E-state index < -0.39 is 0 Å². The van der Waals surface area contributed by atoms with Crippen molar-refractivity contribution in [3.05, 3.63) is 22.4 Å². The van der Waals surface area contributed by atoms with Gasteiger partial charge in [0.1, 0.15) is 0 Å². The average Bonchev–Trinajstić information content (AvgIpc) is 2.84. The van der Waals surface area contributed by atoms with Gasteiger partial charge >= 0.3 is 0 Å². The molecular weight excluding hydrogens is 228 g/mol. The topological polar surface area (TPSA) is 55.0 Å². The van der Waals surface area contributed by atoms with Crippen molar-refractivity contribution in [3.63, 3.8) is 0 Å². The summed E-state index contributed by atoms with van der Waals surface area (Å²) in [4.78, 5) is 7.59. The number of anilines is 2. The van der Waals surface area contributed by atoms with Crippen molar-refractivity contribution < 1.29 is 0 Å². The summed E-state index contributed by atoms with van der Waals surface area (Å²) < 4.78 is 3.95. The number of thiophene rings is 1. The van der Waals surface area contributed by atoms with Crippen LogP contribution in [0.1, 0.15) is 4.88 Å². The first-order valence-electron chi connectivity index (χ1n) is 4.58. The molecule has 0 radical (unpaired) electrons. The number of nitrogens with two attached hydrogens (primary N) is 1. The minimum absolute atomic E-state index is 0.359. The molecule has 2 rings (SSSR count). The SMILES string of the molecule is CN(CCc1cccs1)c1nc(N)ns1. The van der Waals surface area contributed by atoms with Gasteiger partial charge in [0.2, 0.25) is 11.1 Å². The van der Waals surface area contributed by atoms with Gasteiger partial charge in [0.05, 0.1) is 0 Å². The van der Waals surface area contributed by atoms with Crippen LogP contribution < -0.4 is 10.6 Å². The van der Waals surface area contributed by atoms with E-state index in [4.69, 9.17) is 5.73 Å². The van der Waals surface area contributed by atoms with Crippen molar-refractivity contribution in [2.45, 2.75) is 6.42 Å². The van der Waals surface area contributed by atoms with Crippen molar-refractivity contribution in [1.29, 1.82) is 0 Å². The van der Waals surface area contributed by atoms with Gasteiger partial charge in [0, 0.05) is 30.0 Å². The van der Waals surface area contributed by atoms with Crippen LogP contribution in [0.5, 0.6) is 0 Å². The third kappa shape index (κ3) is 2.66. The fourth-order valence-electron chi connectivity index (χ4n) is 1.21. The lowest BCUT2D eigenvalue weighted by molar-refractivity contribution is 0.882. The number of nitrogens with zero attached hydrogens (tertiary/aromatic N) is 3. The minimum Gasteiger partial charge on any atom is -0.367 e. The monoisotopic (exact) mass is 240 g/mol. The minimum atomic E-state index is 0.359. The Balaban J connectivity index is 1.90. The molecule has 0 saturated carbocycles. The summed E-state index contributed by atoms with van der Waals surface area (Å²) in [7, 11) is 2.01. The molecule has 0 bridgehead atoms. The van der Waals surface area contributed by atoms with Gasteiger partial charge in [0.25, 0.3) is 0 Å². The Morgan fingerprint density at radius 3 is 3.00 bits per heavy atom. The number of nitrogen functional groups attached to an aromatic ring is 1. The second kappa shape index (κ2) is 4.59. The van der Waals surface area contributed by atoms with Gasteiger partial charge < -0.3 is 10.6 Å². The van der Waals surface area contributed by atoms with Crippen LogP contribution in [0.25, 0.3) is 0 Å². The maximum atomic E-state index is 5.47. The van der Waals surface area contributed by atoms with Crippen LogP contribution in [0.4, 0.5) is 11.1 Å². The molecule has 0 saturated heterocycles. The number of hydrogen-bond donors (Lipinski definition) is 1. The van der Waals surface area contributed by atoms with Gasteiger partial charge in [-0.1, -0.05) is 6.07 Å². The third-order valence-corrected chi connectivity index (χ3v) is 3.81. The standard InChI is InChI=1S/C9H12N4S2/c1-13(9-11-8(10)12-15-9)5-4-7-3-2-6-14-7/h2-3,6H,4-5H2,1H3,(H2,10,12). The van der Waals surface area contributed by atoms with Crippen LogP contribution in [0, 0.1) is 0 Å². The molecule has 0 aromatic carbocycles. The van der Waals surface area contributed by atoms with Crippen LogP contribution in [0.3, 0.4) is 0 Å². The lowest BCUT2D eigenvalue weighted by Gasteiger charge is -2.13. The number of aromatic nitrogens is 2. The van der Waals surface area contributed by atoms with Crippen LogP contribution >= 0.6 is 22.9 Å². The smallest absolute Gasteiger partial charge is 0.233 e. The Morgan fingerprint density at radius 2 is 2.40 bits per heavy atom. The molecule has 80 valence electrons. The van der Waals surface area contributed by atoms with E-state index in [-0.39, 0.29) is 0 Å². The van der Waals surface area contributed by atoms with Crippen LogP contribution in [0.15, 0.2) is 17.5 Å². The molecule has 0 spiro atoms. The summed E-state index contributed by atoms with van der Waals surface area (Å²) in [5.74, 6) is 0.359. The van der Waals surface area contributed by atoms with Gasteiger partial charge in [-0.2, -0.15) is 9.36 Å². The van der Waals surface area contributed by atoms with Crippen molar-refractivity contribution in [2.24, 2.45) is 0 Å². The Morgan fingerprint density at radius 1 is 1.53 bits per heavy atom. The van der Waals surface area contributed by atoms with Crippen molar-refractivity contribution >= 4 is 33.9 Å². The summed E-state index contributed by atoms with van der Waals surface area (Å²) in [6.07, 6.45) is 1.04. The lowest BCUT2D eigenvalue weighted by atomic mass is 10.3. The highest BCUT2D eigenvalue weighted by molar-refractivity contribution is 7.10. The van der Waals surface area contributed by atoms with E-state index in [9.17, 15) is 0 Å². The summed E-state index contributed by atoms with van der Waals surface area (Å²) in [5, 5.41) is 2.97. The number of rotatable bonds is 4. The molecule has 2 aromatic rings. The molecule has 4 nitrogen and oxygen atoms in total. The van der Waals surface area contributed by atoms with Gasteiger partial charge in [-0.25, -0.2) is 0 Å². The highest BCUT2D eigenvalue weighted by atomic mass is 32.1. The molecule has 0 fully saturated rings. The van der Waals surface area contributed by atoms with Gasteiger partial charge in [0.15, 0.2) is 0 Å². The molecular formula is C9H12N4S2. The molecule has 0 aliphatic heterocycles. The van der Waals surface area contributed by atoms with Crippen molar-refractivity contribution in [1.82, 2.24) is 9.36 Å². The number of hydrogen-bond acceptors (Lipinski definition) is 6. The van der Waals surface area contributed by atoms with E-state index in [0.717, 1.165) is 18.1 Å². The van der Waals surface area contributed by atoms with E-state index in [1.807, 2.05) is 7.05 Å². The first-order valence-corrected chi connectivity index (χ1v) is 6.24. The summed E-state index contributed by atoms with van der Waals surface area (Å²) in [6, 6.07) is 4.22. The van der Waals surface area contributed by atoms with Crippen LogP contribution in [0.2, 0.25) is 0 Å². The molecule has 2 heterocycles. The molecule has 0 unspecified atom stereocenters. The Bertz CT molecular complexity index is 409. The van der Waals surface area contributed by atoms with Crippen LogP contribution in [-0.2, 0) is 6.42 Å². The molecule has 0 aliphatic rings. The fourth-order valence-corrected chi connectivity index (χ4v) is 2.49. The predicted molar refractivity (Wildman–Crippen MR) is 65.6 cm³/mol. The van der Waals surface area contributed by atoms with Crippen molar-refractivity contribution in [2.75, 3.05) is 24.2 Å². The zero-order valence-corrected chi connectivity index (χ0v) is 10.0. The Labute approximate surface area is 96.5 Å². The maximum Gasteiger partial charge on any atom is 0.233 e. The van der Waals surface area contributed by atoms with Gasteiger partial charge in [-0.3, -0.25) is 0 Å². The predicted octanol–water partition coefficient (Wildman–Crippen LogP) is 1.86. The molecule has 15 heavy (non-hydrogen) atoms. The lowest BCUT2D eigenvalue weighted by Crippen LogP contribution is -2.19. The zero-order chi connectivity index (χ0) is 10.7. The first kappa shape index (κ1) is 10.4. The summed E-state index contributed by atoms with van der Waals surface area (Å²) in [5.41, 5.74) is 5.47. The summed E-state index contributed by atoms with van der Waals surface area (Å²) >= 11 is 3.12. The third-order valence-electron chi connectivity index (χ3n) is 2.03. The normalized spacial score (nSPS) is 10.5. The Hall–Kier alpha value is -1.14. The van der Waals surface area contributed by atoms with E-state index in [1.54, 1.807) is 11.3 Å². The summed E-state index contributed by atoms with van der Waals surface area (Å²) in [6.45, 7) is 0.940. The van der Waals surface area contributed by atoms with Gasteiger partial charge in [-0.05, 0) is 17.9 Å². The highest BCUT2D eigenvalue weighted by Gasteiger charge is 2.06. The van der Waals surface area contributed by atoms with Gasteiger partial charge in [-0.15, -0.1) is 11.3 Å². The molecule has 2 aromatic heterocycles. The van der Waals surface area contributed by atoms with E-state index in [2.05, 4.69) is 31.8 Å². The molecule has 0 aliphatic carbocycles. The molecule has 6 heteroatoms. The number of likely N-dealkylation sites (N-methyl/N-ethyl adjacent to an activating group) is 1. The second-order valence-corrected chi connectivity index (χ2v) is 4.95. The maximum absolute atomic E-state index is 5.47. The highest BCUT2D eigenvalue weighted by Crippen LogP contribution is 2.17. The fraction of sp³-hybridized carbons (Fsp3) is 0.333. The van der Waals surface area contributed by atoms with E-state index >= 15 is 0 Å². The van der Waals surface area contributed by atoms with E-state index in [1.165, 1.54) is 16.4 Å². The van der Waals surface area contributed by atoms with Crippen molar-refractivity contribution in [3.8, 4) is 0 Å². The second-order valence-electron chi connectivity index (χ2n) is 3.19. The molecule has 0 amide bonds. The first-order chi connectivity index (χ1) is 7.25. The van der Waals surface area contributed by atoms with E-state index in [0.29, 0.717) is 5.95 Å². The molecule has 0 atom stereocenters. The zero-order valence-electron chi connectivity index (χ0n) is 8.38. The average molecular weight is 240 g/mol.